The minimum atomic E-state index is 0.408. The molecule has 8 heteroatoms. The van der Waals surface area contributed by atoms with Gasteiger partial charge in [-0.1, -0.05) is 42.5 Å². The molecule has 7 nitrogen and oxygen atoms in total. The average Bonchev–Trinajstić information content (AvgIpc) is 3.49. The molecule has 3 aromatic heterocycles. The second kappa shape index (κ2) is 9.22. The van der Waals surface area contributed by atoms with Crippen LogP contribution in [0.15, 0.2) is 71.3 Å². The predicted molar refractivity (Wildman–Crippen MR) is 145 cm³/mol. The van der Waals surface area contributed by atoms with E-state index in [0.29, 0.717) is 12.0 Å². The summed E-state index contributed by atoms with van der Waals surface area (Å²) in [4.78, 5) is 11.9. The van der Waals surface area contributed by atoms with Gasteiger partial charge in [-0.15, -0.1) is 11.3 Å². The SMILES string of the molecule is CN1CCNCC1c1ccc(/C=N/Nc2nc(-c3cn(C)c4ccccc34)c3sccc3n2)cc1. The fraction of sp³-hybridized carbons (Fsp3) is 0.222. The van der Waals surface area contributed by atoms with Gasteiger partial charge in [0.25, 0.3) is 0 Å². The third kappa shape index (κ3) is 4.20. The number of hydrazone groups is 1. The Balaban J connectivity index is 1.26. The molecule has 35 heavy (non-hydrogen) atoms. The van der Waals surface area contributed by atoms with Crippen molar-refractivity contribution in [3.8, 4) is 11.3 Å². The fourth-order valence-corrected chi connectivity index (χ4v) is 5.61. The second-order valence-electron chi connectivity index (χ2n) is 8.94. The van der Waals surface area contributed by atoms with Gasteiger partial charge in [-0.2, -0.15) is 5.10 Å². The lowest BCUT2D eigenvalue weighted by molar-refractivity contribution is 0.202. The molecule has 6 rings (SSSR count). The Morgan fingerprint density at radius 2 is 1.94 bits per heavy atom. The molecule has 1 atom stereocenters. The molecule has 1 saturated heterocycles. The molecule has 0 amide bonds. The number of likely N-dealkylation sites (N-methyl/N-ethyl adjacent to an activating group) is 1. The van der Waals surface area contributed by atoms with Gasteiger partial charge in [0.1, 0.15) is 0 Å². The minimum Gasteiger partial charge on any atom is -0.350 e. The van der Waals surface area contributed by atoms with Gasteiger partial charge in [0, 0.05) is 55.4 Å². The third-order valence-electron chi connectivity index (χ3n) is 6.67. The van der Waals surface area contributed by atoms with Gasteiger partial charge < -0.3 is 9.88 Å². The number of piperazine rings is 1. The molecule has 1 fully saturated rings. The summed E-state index contributed by atoms with van der Waals surface area (Å²) in [5.41, 5.74) is 9.51. The summed E-state index contributed by atoms with van der Waals surface area (Å²) >= 11 is 1.66. The zero-order valence-corrected chi connectivity index (χ0v) is 20.6. The summed E-state index contributed by atoms with van der Waals surface area (Å²) in [5, 5.41) is 11.1. The van der Waals surface area contributed by atoms with Crippen LogP contribution < -0.4 is 10.7 Å². The number of nitrogens with zero attached hydrogens (tertiary/aromatic N) is 5. The molecule has 1 aliphatic heterocycles. The molecule has 0 radical (unpaired) electrons. The molecule has 1 aliphatic rings. The monoisotopic (exact) mass is 481 g/mol. The Bertz CT molecular complexity index is 1520. The Morgan fingerprint density at radius 1 is 1.09 bits per heavy atom. The summed E-state index contributed by atoms with van der Waals surface area (Å²) in [6.45, 7) is 3.09. The predicted octanol–water partition coefficient (Wildman–Crippen LogP) is 4.87. The average molecular weight is 482 g/mol. The van der Waals surface area contributed by atoms with Crippen LogP contribution in [0.5, 0.6) is 0 Å². The smallest absolute Gasteiger partial charge is 0.244 e. The van der Waals surface area contributed by atoms with E-state index in [1.165, 1.54) is 16.5 Å². The Hall–Kier alpha value is -3.59. The fourth-order valence-electron chi connectivity index (χ4n) is 4.77. The number of aromatic nitrogens is 3. The molecule has 2 N–H and O–H groups in total. The van der Waals surface area contributed by atoms with Crippen molar-refractivity contribution < 1.29 is 0 Å². The Kier molecular flexibility index (Phi) is 5.77. The minimum absolute atomic E-state index is 0.408. The van der Waals surface area contributed by atoms with Crippen molar-refractivity contribution in [2.45, 2.75) is 6.04 Å². The maximum atomic E-state index is 4.87. The Morgan fingerprint density at radius 3 is 2.80 bits per heavy atom. The quantitative estimate of drug-likeness (QED) is 0.277. The highest BCUT2D eigenvalue weighted by Crippen LogP contribution is 2.36. The number of para-hydroxylation sites is 1. The van der Waals surface area contributed by atoms with E-state index in [2.05, 4.69) is 104 Å². The number of benzene rings is 2. The van der Waals surface area contributed by atoms with Crippen molar-refractivity contribution in [3.05, 3.63) is 77.3 Å². The molecule has 0 aliphatic carbocycles. The molecule has 2 aromatic carbocycles. The van der Waals surface area contributed by atoms with Crippen LogP contribution in [0.25, 0.3) is 32.4 Å². The van der Waals surface area contributed by atoms with Crippen molar-refractivity contribution in [3.63, 3.8) is 0 Å². The van der Waals surface area contributed by atoms with E-state index in [-0.39, 0.29) is 0 Å². The van der Waals surface area contributed by atoms with Crippen molar-refractivity contribution in [2.75, 3.05) is 32.1 Å². The first-order chi connectivity index (χ1) is 17.2. The number of hydrogen-bond acceptors (Lipinski definition) is 7. The molecule has 0 saturated carbocycles. The summed E-state index contributed by atoms with van der Waals surface area (Å²) in [6.07, 6.45) is 3.95. The maximum absolute atomic E-state index is 4.87. The number of hydrogen-bond donors (Lipinski definition) is 2. The first-order valence-electron chi connectivity index (χ1n) is 11.8. The van der Waals surface area contributed by atoms with E-state index < -0.39 is 0 Å². The number of anilines is 1. The van der Waals surface area contributed by atoms with E-state index in [1.54, 1.807) is 11.3 Å². The number of fused-ring (bicyclic) bond motifs is 2. The van der Waals surface area contributed by atoms with Crippen molar-refractivity contribution >= 4 is 44.6 Å². The molecule has 1 unspecified atom stereocenters. The molecular weight excluding hydrogens is 454 g/mol. The molecular formula is C27H27N7S. The van der Waals surface area contributed by atoms with Gasteiger partial charge in [0.05, 0.1) is 22.1 Å². The lowest BCUT2D eigenvalue weighted by Crippen LogP contribution is -2.43. The summed E-state index contributed by atoms with van der Waals surface area (Å²) in [6, 6.07) is 19.4. The van der Waals surface area contributed by atoms with Crippen LogP contribution in [0, 0.1) is 0 Å². The lowest BCUT2D eigenvalue weighted by Gasteiger charge is -2.33. The molecule has 176 valence electrons. The van der Waals surface area contributed by atoms with Crippen LogP contribution >= 0.6 is 11.3 Å². The van der Waals surface area contributed by atoms with Gasteiger partial charge in [0.2, 0.25) is 5.95 Å². The second-order valence-corrected chi connectivity index (χ2v) is 9.85. The van der Waals surface area contributed by atoms with Crippen LogP contribution in [0.4, 0.5) is 5.95 Å². The highest BCUT2D eigenvalue weighted by atomic mass is 32.1. The molecule has 4 heterocycles. The summed E-state index contributed by atoms with van der Waals surface area (Å²) < 4.78 is 3.22. The first kappa shape index (κ1) is 21.9. The summed E-state index contributed by atoms with van der Waals surface area (Å²) in [7, 11) is 4.25. The van der Waals surface area contributed by atoms with Gasteiger partial charge >= 0.3 is 0 Å². The highest BCUT2D eigenvalue weighted by molar-refractivity contribution is 7.17. The van der Waals surface area contributed by atoms with Crippen LogP contribution in [-0.2, 0) is 7.05 Å². The van der Waals surface area contributed by atoms with E-state index in [0.717, 1.165) is 46.7 Å². The largest absolute Gasteiger partial charge is 0.350 e. The number of aryl methyl sites for hydroxylation is 1. The van der Waals surface area contributed by atoms with Gasteiger partial charge in [-0.25, -0.2) is 15.4 Å². The molecule has 5 aromatic rings. The summed E-state index contributed by atoms with van der Waals surface area (Å²) in [5.74, 6) is 0.488. The van der Waals surface area contributed by atoms with Gasteiger partial charge in [0.15, 0.2) is 0 Å². The van der Waals surface area contributed by atoms with Crippen molar-refractivity contribution in [1.82, 2.24) is 24.8 Å². The van der Waals surface area contributed by atoms with Gasteiger partial charge in [-0.3, -0.25) is 4.90 Å². The topological polar surface area (TPSA) is 70.4 Å². The van der Waals surface area contributed by atoms with E-state index in [4.69, 9.17) is 4.98 Å². The standard InChI is InChI=1S/C27H27N7S/c1-33-13-12-28-16-24(33)19-9-7-18(8-10-19)15-29-32-27-30-22-11-14-35-26(22)25(31-27)21-17-34(2)23-6-4-3-5-20(21)23/h3-11,14-15,17,24,28H,12-13,16H2,1-2H3,(H,30,31,32)/b29-15+. The lowest BCUT2D eigenvalue weighted by atomic mass is 10.0. The van der Waals surface area contributed by atoms with E-state index >= 15 is 0 Å². The highest BCUT2D eigenvalue weighted by Gasteiger charge is 2.20. The molecule has 0 spiro atoms. The van der Waals surface area contributed by atoms with Gasteiger partial charge in [-0.05, 0) is 35.7 Å². The van der Waals surface area contributed by atoms with E-state index in [9.17, 15) is 0 Å². The number of rotatable bonds is 5. The van der Waals surface area contributed by atoms with Crippen molar-refractivity contribution in [1.29, 1.82) is 0 Å². The normalized spacial score (nSPS) is 17.0. The van der Waals surface area contributed by atoms with E-state index in [1.807, 2.05) is 12.3 Å². The third-order valence-corrected chi connectivity index (χ3v) is 7.58. The van der Waals surface area contributed by atoms with Crippen LogP contribution in [0.3, 0.4) is 0 Å². The Labute approximate surface area is 208 Å². The number of thiophene rings is 1. The zero-order chi connectivity index (χ0) is 23.8. The van der Waals surface area contributed by atoms with Crippen LogP contribution in [0.1, 0.15) is 17.2 Å². The number of nitrogens with one attached hydrogen (secondary N) is 2. The van der Waals surface area contributed by atoms with Crippen molar-refractivity contribution in [2.24, 2.45) is 12.1 Å². The first-order valence-corrected chi connectivity index (χ1v) is 12.6. The maximum Gasteiger partial charge on any atom is 0.244 e. The van der Waals surface area contributed by atoms with Crippen LogP contribution in [0.2, 0.25) is 0 Å². The van der Waals surface area contributed by atoms with Crippen LogP contribution in [-0.4, -0.2) is 52.3 Å². The zero-order valence-electron chi connectivity index (χ0n) is 19.8. The molecule has 0 bridgehead atoms.